The van der Waals surface area contributed by atoms with Gasteiger partial charge in [-0.2, -0.15) is 21.6 Å². The van der Waals surface area contributed by atoms with Gasteiger partial charge in [-0.1, -0.05) is 36.4 Å². The van der Waals surface area contributed by atoms with Crippen molar-refractivity contribution in [1.29, 1.82) is 0 Å². The average Bonchev–Trinajstić information content (AvgIpc) is 2.54. The van der Waals surface area contributed by atoms with Gasteiger partial charge in [-0.15, -0.1) is 12.6 Å². The molecule has 3 rings (SSSR count). The van der Waals surface area contributed by atoms with Crippen molar-refractivity contribution in [3.05, 3.63) is 59.7 Å². The fourth-order valence-electron chi connectivity index (χ4n) is 2.64. The number of halogens is 3. The van der Waals surface area contributed by atoms with Gasteiger partial charge >= 0.3 is 15.6 Å². The Bertz CT molecular complexity index is 882. The zero-order chi connectivity index (χ0) is 19.7. The van der Waals surface area contributed by atoms with Crippen LogP contribution in [0, 0.1) is 0 Å². The topological polar surface area (TPSA) is 74.7 Å². The third kappa shape index (κ3) is 4.02. The molecule has 2 aromatic rings. The number of hydrogen-bond donors (Lipinski definition) is 2. The molecule has 0 fully saturated rings. The fourth-order valence-corrected chi connectivity index (χ4v) is 2.92. The quantitative estimate of drug-likeness (QED) is 0.429. The summed E-state index contributed by atoms with van der Waals surface area (Å²) in [6, 6.07) is 16.0. The van der Waals surface area contributed by atoms with Crippen LogP contribution >= 0.6 is 12.6 Å². The van der Waals surface area contributed by atoms with Crippen LogP contribution in [0.25, 0.3) is 0 Å². The molecule has 0 atom stereocenters. The van der Waals surface area contributed by atoms with Crippen molar-refractivity contribution in [2.75, 3.05) is 11.9 Å². The Balaban J connectivity index is 0.000000260. The maximum absolute atomic E-state index is 11.9. The molecular formula is C16H14F3NO4S2. The summed E-state index contributed by atoms with van der Waals surface area (Å²) in [4.78, 5) is 14.0. The lowest BCUT2D eigenvalue weighted by atomic mass is 9.86. The van der Waals surface area contributed by atoms with Crippen LogP contribution in [0.15, 0.2) is 48.5 Å². The number of rotatable bonds is 1. The van der Waals surface area contributed by atoms with Gasteiger partial charge in [-0.25, -0.2) is 0 Å². The zero-order valence-corrected chi connectivity index (χ0v) is 15.0. The summed E-state index contributed by atoms with van der Waals surface area (Å²) in [7, 11) is -3.82. The second-order valence-electron chi connectivity index (χ2n) is 5.37. The zero-order valence-electron chi connectivity index (χ0n) is 13.3. The largest absolute Gasteiger partial charge is 0.522 e. The van der Waals surface area contributed by atoms with Gasteiger partial charge in [0.2, 0.25) is 0 Å². The van der Waals surface area contributed by atoms with Crippen LogP contribution in [0.4, 0.5) is 24.5 Å². The van der Waals surface area contributed by atoms with E-state index in [1.54, 1.807) is 0 Å². The number of benzene rings is 2. The van der Waals surface area contributed by atoms with Crippen LogP contribution in [0.3, 0.4) is 0 Å². The molecule has 140 valence electrons. The molecule has 2 aromatic carbocycles. The molecule has 1 N–H and O–H groups in total. The number of carbonyl (C=O) groups excluding carboxylic acids is 1. The smallest absolute Gasteiger partial charge is 0.344 e. The van der Waals surface area contributed by atoms with Crippen LogP contribution < -0.4 is 4.90 Å². The minimum absolute atomic E-state index is 0.108. The van der Waals surface area contributed by atoms with Gasteiger partial charge in [-0.05, 0) is 23.3 Å². The lowest BCUT2D eigenvalue weighted by Gasteiger charge is -2.34. The number of nitrogens with zero attached hydrogens (tertiary/aromatic N) is 1. The minimum atomic E-state index is -5.84. The summed E-state index contributed by atoms with van der Waals surface area (Å²) in [5.41, 5.74) is -1.34. The number of carbonyl (C=O) groups is 1. The third-order valence-electron chi connectivity index (χ3n) is 3.76. The van der Waals surface area contributed by atoms with Crippen molar-refractivity contribution in [2.24, 2.45) is 0 Å². The second kappa shape index (κ2) is 7.29. The predicted molar refractivity (Wildman–Crippen MR) is 94.4 cm³/mol. The Kier molecular flexibility index (Phi) is 5.69. The Morgan fingerprint density at radius 2 is 1.38 bits per heavy atom. The van der Waals surface area contributed by atoms with Crippen LogP contribution in [0.1, 0.15) is 17.0 Å². The van der Waals surface area contributed by atoms with Crippen LogP contribution in [-0.4, -0.2) is 30.6 Å². The Hall–Kier alpha value is -2.04. The first kappa shape index (κ1) is 20.3. The summed E-state index contributed by atoms with van der Waals surface area (Å²) in [5.74, 6) is -0.267. The van der Waals surface area contributed by atoms with E-state index < -0.39 is 15.6 Å². The van der Waals surface area contributed by atoms with Crippen LogP contribution in [0.2, 0.25) is 0 Å². The summed E-state index contributed by atoms with van der Waals surface area (Å²) in [6.45, 7) is 0. The number of hydrogen-bond acceptors (Lipinski definition) is 4. The summed E-state index contributed by atoms with van der Waals surface area (Å²) in [6.07, 6.45) is 0. The van der Waals surface area contributed by atoms with Crippen LogP contribution in [0.5, 0.6) is 0 Å². The Morgan fingerprint density at radius 1 is 1.04 bits per heavy atom. The molecule has 5 nitrogen and oxygen atoms in total. The molecule has 0 bridgehead atoms. The molecule has 0 saturated carbocycles. The van der Waals surface area contributed by atoms with E-state index in [0.29, 0.717) is 0 Å². The highest BCUT2D eigenvalue weighted by atomic mass is 32.2. The third-order valence-corrected chi connectivity index (χ3v) is 4.60. The summed E-state index contributed by atoms with van der Waals surface area (Å²) >= 11 is 4.06. The van der Waals surface area contributed by atoms with E-state index in [1.165, 1.54) is 0 Å². The van der Waals surface area contributed by atoms with Gasteiger partial charge in [0.05, 0.1) is 5.92 Å². The Labute approximate surface area is 153 Å². The maximum Gasteiger partial charge on any atom is 0.522 e. The van der Waals surface area contributed by atoms with E-state index in [2.05, 4.69) is 17.5 Å². The van der Waals surface area contributed by atoms with Gasteiger partial charge in [0.15, 0.2) is 5.12 Å². The number of fused-ring (bicyclic) bond motifs is 2. The van der Waals surface area contributed by atoms with E-state index in [-0.39, 0.29) is 11.0 Å². The van der Waals surface area contributed by atoms with Crippen LogP contribution in [-0.2, 0) is 14.9 Å². The normalized spacial score (nSPS) is 14.0. The molecule has 0 saturated heterocycles. The average molecular weight is 405 g/mol. The molecule has 26 heavy (non-hydrogen) atoms. The first-order valence-corrected chi connectivity index (χ1v) is 9.02. The monoisotopic (exact) mass is 405 g/mol. The molecule has 0 unspecified atom stereocenters. The highest BCUT2D eigenvalue weighted by Gasteiger charge is 2.44. The number of anilines is 2. The van der Waals surface area contributed by atoms with E-state index in [9.17, 15) is 18.0 Å². The first-order valence-electron chi connectivity index (χ1n) is 7.13. The van der Waals surface area contributed by atoms with Gasteiger partial charge in [0, 0.05) is 18.4 Å². The van der Waals surface area contributed by atoms with E-state index in [1.807, 2.05) is 55.6 Å². The van der Waals surface area contributed by atoms with Crippen molar-refractivity contribution in [2.45, 2.75) is 11.4 Å². The molecule has 0 amide bonds. The molecule has 0 spiro atoms. The number of alkyl halides is 3. The molecule has 1 heterocycles. The molecule has 0 radical (unpaired) electrons. The standard InChI is InChI=1S/C15H13NOS.CHF3O3S/c1-16-12-8-4-2-6-10(12)14(15(17)18)11-7-3-5-9-13(11)16;2-1(3,4)8(5,6)7/h2-9,14H,1H3,(H,17,18);(H,5,6,7). The van der Waals surface area contributed by atoms with Gasteiger partial charge in [-0.3, -0.25) is 9.35 Å². The van der Waals surface area contributed by atoms with Crippen molar-refractivity contribution < 1.29 is 30.9 Å². The maximum atomic E-state index is 11.9. The molecule has 0 aromatic heterocycles. The molecular weight excluding hydrogens is 391 g/mol. The Morgan fingerprint density at radius 3 is 1.69 bits per heavy atom. The lowest BCUT2D eigenvalue weighted by molar-refractivity contribution is -0.111. The SMILES string of the molecule is CN1c2ccccc2C(C(=O)S)c2ccccc21.O=S(=O)(O)C(F)(F)F. The predicted octanol–water partition coefficient (Wildman–Crippen LogP) is 3.75. The molecule has 10 heteroatoms. The van der Waals surface area contributed by atoms with Gasteiger partial charge in [0.1, 0.15) is 0 Å². The summed E-state index contributed by atoms with van der Waals surface area (Å²) in [5, 5.41) is -0.108. The van der Waals surface area contributed by atoms with Gasteiger partial charge < -0.3 is 4.90 Å². The highest BCUT2D eigenvalue weighted by molar-refractivity contribution is 7.96. The molecule has 1 aliphatic heterocycles. The number of thiol groups is 1. The number of para-hydroxylation sites is 2. The fraction of sp³-hybridized carbons (Fsp3) is 0.188. The van der Waals surface area contributed by atoms with E-state index in [4.69, 9.17) is 13.0 Å². The van der Waals surface area contributed by atoms with Crippen molar-refractivity contribution in [3.63, 3.8) is 0 Å². The first-order chi connectivity index (χ1) is 11.9. The van der Waals surface area contributed by atoms with Crippen molar-refractivity contribution in [3.8, 4) is 0 Å². The van der Waals surface area contributed by atoms with Crippen molar-refractivity contribution in [1.82, 2.24) is 0 Å². The minimum Gasteiger partial charge on any atom is -0.344 e. The van der Waals surface area contributed by atoms with E-state index in [0.717, 1.165) is 22.5 Å². The van der Waals surface area contributed by atoms with E-state index >= 15 is 0 Å². The van der Waals surface area contributed by atoms with Gasteiger partial charge in [0.25, 0.3) is 0 Å². The summed E-state index contributed by atoms with van der Waals surface area (Å²) < 4.78 is 57.5. The highest BCUT2D eigenvalue weighted by Crippen LogP contribution is 2.45. The van der Waals surface area contributed by atoms with Crippen molar-refractivity contribution >= 4 is 39.2 Å². The molecule has 1 aliphatic rings. The lowest BCUT2D eigenvalue weighted by Crippen LogP contribution is -2.24. The second-order valence-corrected chi connectivity index (χ2v) is 7.22. The molecule has 0 aliphatic carbocycles.